The molecule has 3 heterocycles. The number of ether oxygens (including phenoxy) is 1. The molecule has 2 aromatic heterocycles. The summed E-state index contributed by atoms with van der Waals surface area (Å²) in [5.74, 6) is -0.526. The van der Waals surface area contributed by atoms with Crippen LogP contribution in [0.2, 0.25) is 0 Å². The number of nitrogens with zero attached hydrogens (tertiary/aromatic N) is 4. The molecule has 1 saturated heterocycles. The van der Waals surface area contributed by atoms with E-state index in [0.717, 1.165) is 27.8 Å². The van der Waals surface area contributed by atoms with Gasteiger partial charge >= 0.3 is 6.03 Å². The molecule has 4 aromatic rings. The van der Waals surface area contributed by atoms with Crippen molar-refractivity contribution in [2.24, 2.45) is 0 Å². The molecule has 37 heavy (non-hydrogen) atoms. The second-order valence-corrected chi connectivity index (χ2v) is 9.09. The number of benzene rings is 2. The topological polar surface area (TPSA) is 103 Å². The molecule has 0 radical (unpaired) electrons. The third-order valence-electron chi connectivity index (χ3n) is 6.29. The van der Waals surface area contributed by atoms with Crippen molar-refractivity contribution in [1.82, 2.24) is 25.0 Å². The van der Waals surface area contributed by atoms with E-state index in [-0.39, 0.29) is 17.8 Å². The van der Waals surface area contributed by atoms with Crippen molar-refractivity contribution in [3.8, 4) is 11.1 Å². The summed E-state index contributed by atoms with van der Waals surface area (Å²) in [6.07, 6.45) is 2.16. The molecule has 1 aliphatic heterocycles. The maximum Gasteiger partial charge on any atom is 0.322 e. The minimum absolute atomic E-state index is 0.233. The van der Waals surface area contributed by atoms with Gasteiger partial charge in [-0.1, -0.05) is 18.2 Å². The highest BCUT2D eigenvalue weighted by atomic mass is 19.1. The van der Waals surface area contributed by atoms with Crippen LogP contribution in [0.15, 0.2) is 54.7 Å². The molecule has 0 unspecified atom stereocenters. The fourth-order valence-corrected chi connectivity index (χ4v) is 4.30. The number of anilines is 1. The summed E-state index contributed by atoms with van der Waals surface area (Å²) in [6.45, 7) is 1.96. The molecule has 10 heteroatoms. The lowest BCUT2D eigenvalue weighted by molar-refractivity contribution is 0.0564. The normalized spacial score (nSPS) is 13.5. The highest BCUT2D eigenvalue weighted by Gasteiger charge is 2.21. The fraction of sp³-hybridized carbons (Fsp3) is 0.259. The van der Waals surface area contributed by atoms with Crippen LogP contribution in [0.1, 0.15) is 21.6 Å². The summed E-state index contributed by atoms with van der Waals surface area (Å²) >= 11 is 0. The standard InChI is InChI=1S/C27H27FN6O3/c1-33(2)26(35)22-14-18(6-7-23(22)30-27(36)34-8-10-37-11-9-34)19-15-21-24(31-32-25(21)29-16-19)13-17-4-3-5-20(28)12-17/h3-7,12,14-16H,8-11,13H2,1-2H3,(H,30,36)(H,29,31,32). The molecule has 190 valence electrons. The first-order valence-electron chi connectivity index (χ1n) is 12.0. The molecular weight excluding hydrogens is 475 g/mol. The number of halogens is 1. The van der Waals surface area contributed by atoms with E-state index in [2.05, 4.69) is 20.5 Å². The van der Waals surface area contributed by atoms with E-state index in [4.69, 9.17) is 4.74 Å². The second-order valence-electron chi connectivity index (χ2n) is 9.09. The van der Waals surface area contributed by atoms with Crippen LogP contribution in [-0.4, -0.2) is 77.3 Å². The van der Waals surface area contributed by atoms with E-state index in [1.807, 2.05) is 18.2 Å². The van der Waals surface area contributed by atoms with Gasteiger partial charge in [0, 0.05) is 56.4 Å². The summed E-state index contributed by atoms with van der Waals surface area (Å²) in [5.41, 5.74) is 4.54. The van der Waals surface area contributed by atoms with Gasteiger partial charge in [0.15, 0.2) is 5.65 Å². The van der Waals surface area contributed by atoms with Gasteiger partial charge < -0.3 is 19.9 Å². The highest BCUT2D eigenvalue weighted by Crippen LogP contribution is 2.29. The van der Waals surface area contributed by atoms with E-state index in [1.165, 1.54) is 17.0 Å². The van der Waals surface area contributed by atoms with Crippen LogP contribution in [0.5, 0.6) is 0 Å². The van der Waals surface area contributed by atoms with Crippen molar-refractivity contribution in [2.75, 3.05) is 45.7 Å². The highest BCUT2D eigenvalue weighted by molar-refractivity contribution is 6.04. The number of nitrogens with one attached hydrogen (secondary N) is 2. The Morgan fingerprint density at radius 3 is 2.68 bits per heavy atom. The van der Waals surface area contributed by atoms with Crippen molar-refractivity contribution >= 4 is 28.7 Å². The zero-order valence-electron chi connectivity index (χ0n) is 20.6. The van der Waals surface area contributed by atoms with E-state index in [1.54, 1.807) is 43.4 Å². The molecule has 1 fully saturated rings. The number of carbonyl (C=O) groups excluding carboxylic acids is 2. The Bertz CT molecular complexity index is 1460. The van der Waals surface area contributed by atoms with E-state index >= 15 is 0 Å². The van der Waals surface area contributed by atoms with E-state index in [9.17, 15) is 14.0 Å². The average molecular weight is 503 g/mol. The third kappa shape index (κ3) is 5.29. The first-order chi connectivity index (χ1) is 17.9. The molecule has 0 spiro atoms. The van der Waals surface area contributed by atoms with Crippen LogP contribution < -0.4 is 5.32 Å². The molecular formula is C27H27FN6O3. The Labute approximate surface area is 213 Å². The van der Waals surface area contributed by atoms with Gasteiger partial charge in [0.05, 0.1) is 24.5 Å². The average Bonchev–Trinajstić information content (AvgIpc) is 3.30. The smallest absolute Gasteiger partial charge is 0.322 e. The minimum Gasteiger partial charge on any atom is -0.378 e. The van der Waals surface area contributed by atoms with Gasteiger partial charge in [-0.2, -0.15) is 5.10 Å². The van der Waals surface area contributed by atoms with Crippen molar-refractivity contribution < 1.29 is 18.7 Å². The van der Waals surface area contributed by atoms with Crippen molar-refractivity contribution in [3.63, 3.8) is 0 Å². The van der Waals surface area contributed by atoms with Crippen molar-refractivity contribution in [1.29, 1.82) is 0 Å². The predicted molar refractivity (Wildman–Crippen MR) is 138 cm³/mol. The Hall–Kier alpha value is -4.31. The number of urea groups is 1. The molecule has 0 aliphatic carbocycles. The number of morpholine rings is 1. The Morgan fingerprint density at radius 2 is 1.92 bits per heavy atom. The van der Waals surface area contributed by atoms with Gasteiger partial charge in [0.25, 0.3) is 5.91 Å². The maximum atomic E-state index is 13.7. The maximum absolute atomic E-state index is 13.7. The number of carbonyl (C=O) groups is 2. The predicted octanol–water partition coefficient (Wildman–Crippen LogP) is 3.92. The molecule has 1 aliphatic rings. The van der Waals surface area contributed by atoms with Crippen LogP contribution in [-0.2, 0) is 11.2 Å². The van der Waals surface area contributed by atoms with Crippen molar-refractivity contribution in [3.05, 3.63) is 77.4 Å². The quantitative estimate of drug-likeness (QED) is 0.431. The van der Waals surface area contributed by atoms with Crippen LogP contribution in [0, 0.1) is 5.82 Å². The molecule has 9 nitrogen and oxygen atoms in total. The first kappa shape index (κ1) is 24.4. The van der Waals surface area contributed by atoms with Crippen molar-refractivity contribution in [2.45, 2.75) is 6.42 Å². The second kappa shape index (κ2) is 10.4. The zero-order chi connectivity index (χ0) is 25.9. The van der Waals surface area contributed by atoms with E-state index < -0.39 is 0 Å². The summed E-state index contributed by atoms with van der Waals surface area (Å²) in [6, 6.07) is 13.5. The molecule has 0 atom stereocenters. The number of pyridine rings is 1. The molecule has 0 bridgehead atoms. The number of amides is 3. The summed E-state index contributed by atoms with van der Waals surface area (Å²) in [4.78, 5) is 33.4. The van der Waals surface area contributed by atoms with E-state index in [0.29, 0.717) is 49.6 Å². The lowest BCUT2D eigenvalue weighted by atomic mass is 10.0. The summed E-state index contributed by atoms with van der Waals surface area (Å²) < 4.78 is 19.0. The Balaban J connectivity index is 1.47. The van der Waals surface area contributed by atoms with Gasteiger partial charge in [-0.15, -0.1) is 0 Å². The number of hydrogen-bond acceptors (Lipinski definition) is 5. The zero-order valence-corrected chi connectivity index (χ0v) is 20.6. The lowest BCUT2D eigenvalue weighted by Crippen LogP contribution is -2.43. The number of aromatic nitrogens is 3. The fourth-order valence-electron chi connectivity index (χ4n) is 4.30. The lowest BCUT2D eigenvalue weighted by Gasteiger charge is -2.27. The number of hydrogen-bond donors (Lipinski definition) is 2. The first-order valence-corrected chi connectivity index (χ1v) is 12.0. The van der Waals surface area contributed by atoms with Gasteiger partial charge in [0.2, 0.25) is 0 Å². The van der Waals surface area contributed by atoms with Crippen LogP contribution in [0.25, 0.3) is 22.2 Å². The van der Waals surface area contributed by atoms with Crippen LogP contribution in [0.4, 0.5) is 14.9 Å². The summed E-state index contributed by atoms with van der Waals surface area (Å²) in [5, 5.41) is 11.0. The SMILES string of the molecule is CN(C)C(=O)c1cc(-c2cnc3n[nH]c(Cc4cccc(F)c4)c3c2)ccc1NC(=O)N1CCOCC1. The van der Waals surface area contributed by atoms with Gasteiger partial charge in [-0.05, 0) is 41.5 Å². The number of rotatable bonds is 5. The Morgan fingerprint density at radius 1 is 1.11 bits per heavy atom. The molecule has 2 aromatic carbocycles. The minimum atomic E-state index is -0.293. The molecule has 5 rings (SSSR count). The monoisotopic (exact) mass is 502 g/mol. The number of aromatic amines is 1. The van der Waals surface area contributed by atoms with Gasteiger partial charge in [-0.3, -0.25) is 9.89 Å². The largest absolute Gasteiger partial charge is 0.378 e. The molecule has 3 amide bonds. The van der Waals surface area contributed by atoms with Gasteiger partial charge in [0.1, 0.15) is 5.82 Å². The van der Waals surface area contributed by atoms with Crippen LogP contribution in [0.3, 0.4) is 0 Å². The summed E-state index contributed by atoms with van der Waals surface area (Å²) in [7, 11) is 3.33. The molecule has 0 saturated carbocycles. The Kier molecular flexibility index (Phi) is 6.82. The van der Waals surface area contributed by atoms with Crippen LogP contribution >= 0.6 is 0 Å². The number of fused-ring (bicyclic) bond motifs is 1. The number of H-pyrrole nitrogens is 1. The van der Waals surface area contributed by atoms with Gasteiger partial charge in [-0.25, -0.2) is 14.2 Å². The third-order valence-corrected chi connectivity index (χ3v) is 6.29. The molecule has 2 N–H and O–H groups in total.